The molecule has 0 bridgehead atoms. The predicted molar refractivity (Wildman–Crippen MR) is 155 cm³/mol. The van der Waals surface area contributed by atoms with Crippen LogP contribution in [0.2, 0.25) is 0 Å². The largest absolute Gasteiger partial charge is 0.481 e. The van der Waals surface area contributed by atoms with Crippen molar-refractivity contribution in [3.8, 4) is 11.1 Å². The fourth-order valence-electron chi connectivity index (χ4n) is 5.21. The lowest BCUT2D eigenvalue weighted by Crippen LogP contribution is -2.34. The Morgan fingerprint density at radius 3 is 2.08 bits per heavy atom. The number of benzene rings is 3. The lowest BCUT2D eigenvalue weighted by molar-refractivity contribution is -0.139. The highest BCUT2D eigenvalue weighted by molar-refractivity contribution is 5.79. The Bertz CT molecular complexity index is 1280. The van der Waals surface area contributed by atoms with Gasteiger partial charge in [-0.25, -0.2) is 4.79 Å². The summed E-state index contributed by atoms with van der Waals surface area (Å²) in [6, 6.07) is 26.0. The predicted octanol–water partition coefficient (Wildman–Crippen LogP) is 6.23. The van der Waals surface area contributed by atoms with Crippen molar-refractivity contribution in [1.82, 2.24) is 10.2 Å². The second-order valence-electron chi connectivity index (χ2n) is 11.1. The molecule has 1 aliphatic rings. The molecule has 0 atom stereocenters. The van der Waals surface area contributed by atoms with E-state index in [9.17, 15) is 14.4 Å². The van der Waals surface area contributed by atoms with E-state index in [0.717, 1.165) is 5.56 Å². The number of fused-ring (bicyclic) bond motifs is 3. The van der Waals surface area contributed by atoms with E-state index >= 15 is 0 Å². The SMILES string of the molecule is CC(C)(CCNC(=O)OCC1c2ccccc2-c2ccccc21)CCC(=O)N(CCC(=O)O)Cc1ccccc1. The Balaban J connectivity index is 1.22. The van der Waals surface area contributed by atoms with Gasteiger partial charge in [-0.2, -0.15) is 0 Å². The Kier molecular flexibility index (Phi) is 9.59. The van der Waals surface area contributed by atoms with Crippen molar-refractivity contribution in [3.63, 3.8) is 0 Å². The summed E-state index contributed by atoms with van der Waals surface area (Å²) in [6.07, 6.45) is 1.07. The molecule has 2 amide bonds. The van der Waals surface area contributed by atoms with Crippen molar-refractivity contribution < 1.29 is 24.2 Å². The third-order valence-corrected chi connectivity index (χ3v) is 7.59. The van der Waals surface area contributed by atoms with Gasteiger partial charge in [0, 0.05) is 32.0 Å². The summed E-state index contributed by atoms with van der Waals surface area (Å²) in [6.45, 7) is 5.40. The highest BCUT2D eigenvalue weighted by Crippen LogP contribution is 2.44. The number of carbonyl (C=O) groups excluding carboxylic acids is 2. The quantitative estimate of drug-likeness (QED) is 0.267. The number of nitrogens with one attached hydrogen (secondary N) is 1. The van der Waals surface area contributed by atoms with Crippen LogP contribution in [0.4, 0.5) is 4.79 Å². The molecule has 0 aliphatic heterocycles. The number of hydrogen-bond donors (Lipinski definition) is 2. The lowest BCUT2D eigenvalue weighted by atomic mass is 9.84. The van der Waals surface area contributed by atoms with Crippen molar-refractivity contribution >= 4 is 18.0 Å². The maximum absolute atomic E-state index is 13.0. The highest BCUT2D eigenvalue weighted by Gasteiger charge is 2.29. The van der Waals surface area contributed by atoms with Crippen LogP contribution in [0.1, 0.15) is 62.1 Å². The van der Waals surface area contributed by atoms with Crippen molar-refractivity contribution in [3.05, 3.63) is 95.6 Å². The number of aliphatic carboxylic acids is 1. The summed E-state index contributed by atoms with van der Waals surface area (Å²) in [4.78, 5) is 38.3. The van der Waals surface area contributed by atoms with E-state index in [1.54, 1.807) is 4.90 Å². The summed E-state index contributed by atoms with van der Waals surface area (Å²) < 4.78 is 5.63. The van der Waals surface area contributed by atoms with Crippen molar-refractivity contribution in [2.45, 2.75) is 52.0 Å². The molecule has 3 aromatic carbocycles. The zero-order chi connectivity index (χ0) is 28.5. The normalized spacial score (nSPS) is 12.3. The topological polar surface area (TPSA) is 95.9 Å². The standard InChI is InChI=1S/C33H38N2O5/c1-33(2,18-16-30(36)35(21-17-31(37)38)22-24-10-4-3-5-11-24)19-20-34-32(39)40-23-29-27-14-8-6-12-25(27)26-13-7-9-15-28(26)29/h3-15,29H,16-23H2,1-2H3,(H,34,39)(H,37,38). The molecular formula is C33H38N2O5. The first-order valence-electron chi connectivity index (χ1n) is 13.9. The Morgan fingerprint density at radius 2 is 1.45 bits per heavy atom. The van der Waals surface area contributed by atoms with Crippen molar-refractivity contribution in [2.24, 2.45) is 5.41 Å². The van der Waals surface area contributed by atoms with E-state index in [1.165, 1.54) is 22.3 Å². The number of nitrogens with zero attached hydrogens (tertiary/aromatic N) is 1. The molecule has 7 nitrogen and oxygen atoms in total. The average Bonchev–Trinajstić information content (AvgIpc) is 3.27. The van der Waals surface area contributed by atoms with Gasteiger partial charge in [-0.05, 0) is 46.1 Å². The molecule has 0 saturated heterocycles. The number of alkyl carbamates (subject to hydrolysis) is 1. The zero-order valence-electron chi connectivity index (χ0n) is 23.3. The first-order chi connectivity index (χ1) is 19.2. The first-order valence-corrected chi connectivity index (χ1v) is 13.9. The summed E-state index contributed by atoms with van der Waals surface area (Å²) >= 11 is 0. The minimum Gasteiger partial charge on any atom is -0.481 e. The smallest absolute Gasteiger partial charge is 0.407 e. The summed E-state index contributed by atoms with van der Waals surface area (Å²) in [5.74, 6) is -0.978. The molecule has 0 unspecified atom stereocenters. The minimum atomic E-state index is -0.925. The number of carbonyl (C=O) groups is 3. The monoisotopic (exact) mass is 542 g/mol. The van der Waals surface area contributed by atoms with Crippen LogP contribution < -0.4 is 5.32 Å². The van der Waals surface area contributed by atoms with Gasteiger partial charge in [0.1, 0.15) is 6.61 Å². The molecule has 2 N–H and O–H groups in total. The Labute approximate surface area is 236 Å². The van der Waals surface area contributed by atoms with Crippen molar-refractivity contribution in [2.75, 3.05) is 19.7 Å². The van der Waals surface area contributed by atoms with Gasteiger partial charge >= 0.3 is 12.1 Å². The third-order valence-electron chi connectivity index (χ3n) is 7.59. The van der Waals surface area contributed by atoms with Gasteiger partial charge in [0.25, 0.3) is 0 Å². The van der Waals surface area contributed by atoms with E-state index < -0.39 is 12.1 Å². The van der Waals surface area contributed by atoms with Gasteiger partial charge in [-0.3, -0.25) is 9.59 Å². The second kappa shape index (κ2) is 13.3. The van der Waals surface area contributed by atoms with Crippen LogP contribution >= 0.6 is 0 Å². The number of carboxylic acid groups (broad SMARTS) is 1. The molecule has 0 radical (unpaired) electrons. The molecule has 3 aromatic rings. The molecule has 210 valence electrons. The van der Waals surface area contributed by atoms with Crippen LogP contribution in [0.3, 0.4) is 0 Å². The zero-order valence-corrected chi connectivity index (χ0v) is 23.3. The highest BCUT2D eigenvalue weighted by atomic mass is 16.5. The third kappa shape index (κ3) is 7.72. The number of amides is 2. The fraction of sp³-hybridized carbons (Fsp3) is 0.364. The van der Waals surface area contributed by atoms with Gasteiger partial charge in [0.15, 0.2) is 0 Å². The van der Waals surface area contributed by atoms with E-state index in [-0.39, 0.29) is 36.8 Å². The van der Waals surface area contributed by atoms with Gasteiger partial charge in [0.05, 0.1) is 6.42 Å². The molecular weight excluding hydrogens is 504 g/mol. The number of carboxylic acids is 1. The van der Waals surface area contributed by atoms with Crippen LogP contribution in [0.15, 0.2) is 78.9 Å². The molecule has 0 fully saturated rings. The molecule has 0 spiro atoms. The Hall–Kier alpha value is -4.13. The molecule has 0 saturated carbocycles. The molecule has 0 heterocycles. The molecule has 1 aliphatic carbocycles. The van der Waals surface area contributed by atoms with Crippen LogP contribution in [-0.4, -0.2) is 47.7 Å². The van der Waals surface area contributed by atoms with Gasteiger partial charge < -0.3 is 20.1 Å². The van der Waals surface area contributed by atoms with Crippen LogP contribution in [-0.2, 0) is 20.9 Å². The maximum Gasteiger partial charge on any atom is 0.407 e. The van der Waals surface area contributed by atoms with Gasteiger partial charge in [-0.15, -0.1) is 0 Å². The van der Waals surface area contributed by atoms with E-state index in [0.29, 0.717) is 32.4 Å². The molecule has 7 heteroatoms. The molecule has 4 rings (SSSR count). The first kappa shape index (κ1) is 28.9. The van der Waals surface area contributed by atoms with Crippen molar-refractivity contribution in [1.29, 1.82) is 0 Å². The molecule has 40 heavy (non-hydrogen) atoms. The van der Waals surface area contributed by atoms with E-state index in [1.807, 2.05) is 54.6 Å². The summed E-state index contributed by atoms with van der Waals surface area (Å²) in [5, 5.41) is 12.0. The van der Waals surface area contributed by atoms with Crippen LogP contribution in [0.25, 0.3) is 11.1 Å². The van der Waals surface area contributed by atoms with Crippen LogP contribution in [0, 0.1) is 5.41 Å². The number of rotatable bonds is 13. The minimum absolute atomic E-state index is 0.0144. The Morgan fingerprint density at radius 1 is 0.850 bits per heavy atom. The number of hydrogen-bond acceptors (Lipinski definition) is 4. The summed E-state index contributed by atoms with van der Waals surface area (Å²) in [5.41, 5.74) is 5.49. The lowest BCUT2D eigenvalue weighted by Gasteiger charge is -2.27. The maximum atomic E-state index is 13.0. The van der Waals surface area contributed by atoms with E-state index in [2.05, 4.69) is 43.4 Å². The van der Waals surface area contributed by atoms with Gasteiger partial charge in [-0.1, -0.05) is 92.7 Å². The van der Waals surface area contributed by atoms with Gasteiger partial charge in [0.2, 0.25) is 5.91 Å². The van der Waals surface area contributed by atoms with Crippen LogP contribution in [0.5, 0.6) is 0 Å². The fourth-order valence-corrected chi connectivity index (χ4v) is 5.21. The summed E-state index contributed by atoms with van der Waals surface area (Å²) in [7, 11) is 0. The average molecular weight is 543 g/mol. The second-order valence-corrected chi connectivity index (χ2v) is 11.1. The van der Waals surface area contributed by atoms with E-state index in [4.69, 9.17) is 9.84 Å². The molecule has 0 aromatic heterocycles. The number of ether oxygens (including phenoxy) is 1.